The van der Waals surface area contributed by atoms with E-state index in [1.165, 1.54) is 0 Å². The molecule has 0 atom stereocenters. The third kappa shape index (κ3) is 8.85. The number of rotatable bonds is 0. The second-order valence-electron chi connectivity index (χ2n) is 0. The molecule has 22 valence electrons. The van der Waals surface area contributed by atoms with Crippen molar-refractivity contribution in [3.05, 3.63) is 0 Å². The maximum Gasteiger partial charge on any atom is 2.00 e. The molecule has 0 aromatic heterocycles. The molecule has 0 amide bonds. The summed E-state index contributed by atoms with van der Waals surface area (Å²) in [4.78, 5) is 0. The van der Waals surface area contributed by atoms with E-state index in [9.17, 15) is 0 Å². The molecule has 2 radical (unpaired) electrons. The van der Waals surface area contributed by atoms with E-state index in [0.717, 1.165) is 0 Å². The van der Waals surface area contributed by atoms with E-state index in [0.29, 0.717) is 0 Å². The van der Waals surface area contributed by atoms with Gasteiger partial charge in [-0.3, -0.25) is 0 Å². The Morgan fingerprint density at radius 3 is 1.25 bits per heavy atom. The molecule has 0 unspecified atom stereocenters. The Labute approximate surface area is 95.4 Å². The van der Waals surface area contributed by atoms with E-state index in [1.807, 2.05) is 0 Å². The maximum absolute atomic E-state index is 0. The molecule has 0 heterocycles. The molecule has 0 aliphatic rings. The molecule has 0 aliphatic carbocycles. The van der Waals surface area contributed by atoms with Crippen molar-refractivity contribution in [1.82, 2.24) is 0 Å². The van der Waals surface area contributed by atoms with E-state index in [4.69, 9.17) is 0 Å². The predicted octanol–water partition coefficient (Wildman–Crippen LogP) is -3.44. The van der Waals surface area contributed by atoms with E-state index < -0.39 is 0 Å². The zero-order chi connectivity index (χ0) is 0. The van der Waals surface area contributed by atoms with Gasteiger partial charge >= 0.3 is 48.9 Å². The number of hydrogen-bond acceptors (Lipinski definition) is 0. The fourth-order valence-electron chi connectivity index (χ4n) is 0. The minimum atomic E-state index is 0. The molecule has 4 heteroatoms. The Balaban J connectivity index is 0. The zero-order valence-electron chi connectivity index (χ0n) is 4.71. The minimum Gasteiger partial charge on any atom is -1.00 e. The van der Waals surface area contributed by atoms with Crippen molar-refractivity contribution in [1.29, 1.82) is 0 Å². The summed E-state index contributed by atoms with van der Waals surface area (Å²) in [5.41, 5.74) is 0. The molecule has 0 nitrogen and oxygen atoms in total. The summed E-state index contributed by atoms with van der Waals surface area (Å²) in [5.74, 6) is 0. The van der Waals surface area contributed by atoms with Crippen LogP contribution in [-0.2, 0) is 0 Å². The Morgan fingerprint density at radius 1 is 1.25 bits per heavy atom. The molecule has 0 aromatic carbocycles. The fourth-order valence-corrected chi connectivity index (χ4v) is 0. The molecule has 0 spiro atoms. The summed E-state index contributed by atoms with van der Waals surface area (Å²) in [7, 11) is 0. The van der Waals surface area contributed by atoms with Crippen LogP contribution in [0, 0.1) is 0 Å². The van der Waals surface area contributed by atoms with Crippen LogP contribution in [0.15, 0.2) is 0 Å². The summed E-state index contributed by atoms with van der Waals surface area (Å²) in [6.45, 7) is 0. The SMILES string of the molecule is [AlH2].[AlH3].[Ba+2].[H-].[H-].[SiH3]. The van der Waals surface area contributed by atoms with Crippen LogP contribution < -0.4 is 0 Å². The van der Waals surface area contributed by atoms with Crippen LogP contribution in [0.4, 0.5) is 0 Å². The number of hydrogen-bond donors (Lipinski definition) is 0. The maximum atomic E-state index is 0. The van der Waals surface area contributed by atoms with Gasteiger partial charge in [-0.15, -0.1) is 0 Å². The van der Waals surface area contributed by atoms with Gasteiger partial charge in [0.25, 0.3) is 0 Å². The largest absolute Gasteiger partial charge is 2.00 e. The molecule has 4 heavy (non-hydrogen) atoms. The first-order valence-corrected chi connectivity index (χ1v) is 0. The van der Waals surface area contributed by atoms with Crippen molar-refractivity contribution in [3.63, 3.8) is 0 Å². The monoisotopic (exact) mass is 230 g/mol. The third-order valence-electron chi connectivity index (χ3n) is 0. The van der Waals surface area contributed by atoms with Crippen LogP contribution in [0.2, 0.25) is 0 Å². The molecule has 0 saturated heterocycles. The van der Waals surface area contributed by atoms with Crippen LogP contribution in [0.5, 0.6) is 0 Å². The average Bonchev–Trinajstić information content (AvgIpc) is 0. The molecule has 0 aliphatic heterocycles. The molecule has 0 aromatic rings. The van der Waals surface area contributed by atoms with E-state index in [-0.39, 0.29) is 97.4 Å². The van der Waals surface area contributed by atoms with Crippen LogP contribution in [-0.4, -0.2) is 94.6 Å². The fraction of sp³-hybridized carbons (Fsp3) is 0. The zero-order valence-corrected chi connectivity index (χ0v) is 11.1. The molecular weight excluding hydrogens is 219 g/mol. The summed E-state index contributed by atoms with van der Waals surface area (Å²) in [6, 6.07) is 0. The normalized spacial score (nSPS) is 0. The summed E-state index contributed by atoms with van der Waals surface area (Å²) in [5, 5.41) is 0. The van der Waals surface area contributed by atoms with E-state index in [2.05, 4.69) is 0 Å². The van der Waals surface area contributed by atoms with Crippen molar-refractivity contribution in [2.24, 2.45) is 0 Å². The van der Waals surface area contributed by atoms with Gasteiger partial charge in [-0.2, -0.15) is 0 Å². The Hall–Kier alpha value is 2.85. The molecular formula is H10Al2BaSi. The second-order valence-corrected chi connectivity index (χ2v) is 0. The third-order valence-corrected chi connectivity index (χ3v) is 0. The van der Waals surface area contributed by atoms with Gasteiger partial charge in [0.2, 0.25) is 0 Å². The van der Waals surface area contributed by atoms with Crippen LogP contribution >= 0.6 is 0 Å². The van der Waals surface area contributed by atoms with Gasteiger partial charge in [0.1, 0.15) is 17.4 Å². The van der Waals surface area contributed by atoms with Crippen LogP contribution in [0.3, 0.4) is 0 Å². The predicted molar refractivity (Wildman–Crippen MR) is 36.4 cm³/mol. The average molecular weight is 229 g/mol. The topological polar surface area (TPSA) is 0 Å². The summed E-state index contributed by atoms with van der Waals surface area (Å²) in [6.07, 6.45) is 0. The standard InChI is InChI=1S/2Al.Ba.H3Si.7H/h;;;1H3;;;;;;;/q;;+2;;;;;;;2*-1. The quantitative estimate of drug-likeness (QED) is 0.379. The molecule has 0 bridgehead atoms. The van der Waals surface area contributed by atoms with Gasteiger partial charge in [-0.1, -0.05) is 0 Å². The molecule has 0 rings (SSSR count). The second kappa shape index (κ2) is 16.9. The van der Waals surface area contributed by atoms with Crippen molar-refractivity contribution in [2.75, 3.05) is 0 Å². The van der Waals surface area contributed by atoms with Crippen molar-refractivity contribution >= 4 is 94.6 Å². The van der Waals surface area contributed by atoms with Crippen molar-refractivity contribution < 1.29 is 2.85 Å². The van der Waals surface area contributed by atoms with Gasteiger partial charge in [-0.25, -0.2) is 0 Å². The first kappa shape index (κ1) is 28.8. The smallest absolute Gasteiger partial charge is 1.00 e. The van der Waals surface area contributed by atoms with Gasteiger partial charge in [0.05, 0.1) is 0 Å². The first-order chi connectivity index (χ1) is 0. The van der Waals surface area contributed by atoms with Crippen LogP contribution in [0.25, 0.3) is 0 Å². The first-order valence-electron chi connectivity index (χ1n) is 0. The summed E-state index contributed by atoms with van der Waals surface area (Å²) < 4.78 is 0. The van der Waals surface area contributed by atoms with E-state index in [1.54, 1.807) is 0 Å². The molecule has 0 N–H and O–H groups in total. The molecule has 0 saturated carbocycles. The van der Waals surface area contributed by atoms with Crippen LogP contribution in [0.1, 0.15) is 2.85 Å². The Morgan fingerprint density at radius 2 is 1.25 bits per heavy atom. The minimum absolute atomic E-state index is 0. The van der Waals surface area contributed by atoms with Crippen molar-refractivity contribution in [2.45, 2.75) is 0 Å². The van der Waals surface area contributed by atoms with Gasteiger partial charge in [0.15, 0.2) is 17.4 Å². The summed E-state index contributed by atoms with van der Waals surface area (Å²) >= 11 is 0. The van der Waals surface area contributed by atoms with E-state index >= 15 is 0 Å². The van der Waals surface area contributed by atoms with Gasteiger partial charge in [0, 0.05) is 0 Å². The van der Waals surface area contributed by atoms with Gasteiger partial charge in [-0.05, 0) is 11.0 Å². The molecule has 0 fully saturated rings. The Kier molecular flexibility index (Phi) is 122. The van der Waals surface area contributed by atoms with Gasteiger partial charge < -0.3 is 2.85 Å². The van der Waals surface area contributed by atoms with Crippen molar-refractivity contribution in [3.8, 4) is 0 Å². The Bertz CT molecular complexity index is 11.5.